The number of benzene rings is 1. The molecule has 5 rings (SSSR count). The minimum Gasteiger partial charge on any atom is -0.504 e. The first-order valence-corrected chi connectivity index (χ1v) is 24.1. The molecule has 3 fully saturated rings. The van der Waals surface area contributed by atoms with Gasteiger partial charge < -0.3 is 82.8 Å². The average molecular weight is 979 g/mol. The molecule has 19 atom stereocenters. The number of nitrogens with zero attached hydrogens (tertiary/aromatic N) is 2. The number of allylic oxidation sites excluding steroid dienone is 2. The lowest BCUT2D eigenvalue weighted by molar-refractivity contribution is -0.343. The van der Waals surface area contributed by atoms with Gasteiger partial charge in [0.1, 0.15) is 36.3 Å². The van der Waals surface area contributed by atoms with E-state index in [4.69, 9.17) is 42.6 Å². The number of rotatable bonds is 13. The average Bonchev–Trinajstić information content (AvgIpc) is 3.26. The number of carbonyl (C=O) groups is 3. The summed E-state index contributed by atoms with van der Waals surface area (Å²) in [5, 5.41) is 54.9. The van der Waals surface area contributed by atoms with E-state index in [1.54, 1.807) is 39.8 Å². The van der Waals surface area contributed by atoms with E-state index >= 15 is 0 Å². The monoisotopic (exact) mass is 979 g/mol. The lowest BCUT2D eigenvalue weighted by Gasteiger charge is -2.50. The summed E-state index contributed by atoms with van der Waals surface area (Å²) < 4.78 is 57.2. The van der Waals surface area contributed by atoms with Gasteiger partial charge in [-0.3, -0.25) is 4.79 Å². The molecule has 0 amide bonds. The van der Waals surface area contributed by atoms with Crippen LogP contribution in [0.4, 0.5) is 0 Å². The fourth-order valence-electron chi connectivity index (χ4n) is 10.1. The van der Waals surface area contributed by atoms with Gasteiger partial charge in [-0.1, -0.05) is 37.3 Å². The molecule has 1 aromatic rings. The van der Waals surface area contributed by atoms with Crippen molar-refractivity contribution in [3.8, 4) is 11.5 Å². The number of para-hydroxylation sites is 1. The molecule has 4 heterocycles. The third-order valence-corrected chi connectivity index (χ3v) is 13.8. The Morgan fingerprint density at radius 1 is 0.870 bits per heavy atom. The van der Waals surface area contributed by atoms with Gasteiger partial charge in [-0.05, 0) is 106 Å². The van der Waals surface area contributed by atoms with Crippen molar-refractivity contribution in [2.24, 2.45) is 11.8 Å². The Balaban J connectivity index is 1.58. The highest BCUT2D eigenvalue weighted by atomic mass is 16.7. The van der Waals surface area contributed by atoms with Crippen LogP contribution in [0.15, 0.2) is 42.5 Å². The van der Waals surface area contributed by atoms with Gasteiger partial charge in [0.2, 0.25) is 0 Å². The minimum absolute atomic E-state index is 0.105. The third-order valence-electron chi connectivity index (χ3n) is 13.8. The van der Waals surface area contributed by atoms with E-state index in [1.165, 1.54) is 32.2 Å². The molecule has 69 heavy (non-hydrogen) atoms. The summed E-state index contributed by atoms with van der Waals surface area (Å²) in [4.78, 5) is 44.2. The molecule has 0 radical (unpaired) electrons. The molecule has 0 saturated carbocycles. The van der Waals surface area contributed by atoms with E-state index in [0.29, 0.717) is 12.8 Å². The molecule has 5 N–H and O–H groups in total. The summed E-state index contributed by atoms with van der Waals surface area (Å²) in [6, 6.07) is 3.11. The van der Waals surface area contributed by atoms with Gasteiger partial charge in [0.05, 0.1) is 54.7 Å². The fraction of sp³-hybridized carbons (Fsp3) is 0.740. The van der Waals surface area contributed by atoms with Gasteiger partial charge >= 0.3 is 11.9 Å². The number of hydrogen-bond donors (Lipinski definition) is 5. The van der Waals surface area contributed by atoms with Crippen LogP contribution < -0.4 is 0 Å². The van der Waals surface area contributed by atoms with Crippen molar-refractivity contribution in [1.82, 2.24) is 9.80 Å². The van der Waals surface area contributed by atoms with Crippen molar-refractivity contribution in [3.63, 3.8) is 0 Å². The maximum atomic E-state index is 14.2. The topological polar surface area (TPSA) is 242 Å². The van der Waals surface area contributed by atoms with Gasteiger partial charge in [-0.2, -0.15) is 0 Å². The van der Waals surface area contributed by atoms with Crippen LogP contribution in [0.2, 0.25) is 0 Å². The van der Waals surface area contributed by atoms with Crippen molar-refractivity contribution in [1.29, 1.82) is 0 Å². The molecule has 4 aliphatic rings. The van der Waals surface area contributed by atoms with Crippen molar-refractivity contribution >= 4 is 18.2 Å². The van der Waals surface area contributed by atoms with Gasteiger partial charge in [0, 0.05) is 32.4 Å². The van der Waals surface area contributed by atoms with Crippen LogP contribution in [0.5, 0.6) is 11.5 Å². The number of esters is 2. The summed E-state index contributed by atoms with van der Waals surface area (Å²) in [6.45, 7) is 10.5. The zero-order valence-corrected chi connectivity index (χ0v) is 42.0. The van der Waals surface area contributed by atoms with E-state index in [-0.39, 0.29) is 42.9 Å². The number of aliphatic hydroxyl groups excluding tert-OH is 2. The number of carbonyl (C=O) groups excluding carboxylic acids is 3. The van der Waals surface area contributed by atoms with Gasteiger partial charge in [-0.25, -0.2) is 4.79 Å². The quantitative estimate of drug-likeness (QED) is 0.108. The van der Waals surface area contributed by atoms with E-state index in [0.717, 1.165) is 12.7 Å². The number of ether oxygens (including phenoxy) is 9. The highest BCUT2D eigenvalue weighted by molar-refractivity contribution is 5.93. The molecule has 1 unspecified atom stereocenters. The second-order valence-corrected chi connectivity index (χ2v) is 19.9. The number of aromatic hydroxyl groups is 2. The largest absolute Gasteiger partial charge is 0.504 e. The van der Waals surface area contributed by atoms with E-state index in [2.05, 4.69) is 4.90 Å². The maximum Gasteiger partial charge on any atom is 0.342 e. The number of aliphatic hydroxyl groups is 3. The Morgan fingerprint density at radius 2 is 1.58 bits per heavy atom. The Morgan fingerprint density at radius 3 is 2.22 bits per heavy atom. The van der Waals surface area contributed by atoms with E-state index in [1.807, 2.05) is 52.2 Å². The zero-order valence-electron chi connectivity index (χ0n) is 42.0. The molecule has 3 saturated heterocycles. The highest BCUT2D eigenvalue weighted by Crippen LogP contribution is 2.39. The SMILES string of the molecule is COC1[C@H](O)CC(=O)O[C@H](C)C/C=C/C=C/[C@H](O[C@H]2CC[C@H](N(C)C)[C@@H](C)O2)[C@H](C)C[C@H](CC=O)[C@@H]1O[C@@H]1O[C@H](C)[C@@H](O[C@H]2C[C@@](C)(O)[C@@H](O)[C@H](C)O2)[C@H](N(C)C)[C@H]1OC(=O)c1cccc(O)c1O. The van der Waals surface area contributed by atoms with Crippen LogP contribution in [-0.2, 0) is 52.2 Å². The smallest absolute Gasteiger partial charge is 0.342 e. The van der Waals surface area contributed by atoms with E-state index < -0.39 is 127 Å². The predicted molar refractivity (Wildman–Crippen MR) is 250 cm³/mol. The Kier molecular flexibility index (Phi) is 20.6. The standard InChI is InChI=1S/C50H78N2O17/c1-27-24-32(22-23-53)44(45(61-11)36(55)25-38(56)62-28(2)16-13-12-14-19-37(27)66-39-21-20-34(51(7)8)29(3)63-39)69-49-46(68-48(59)33-17-15-18-35(54)42(33)57)41(52(9)10)43(30(4)65-49)67-40-26-50(6,60)47(58)31(5)64-40/h12-15,17-19,23,27-32,34,36-37,39-41,43-47,49,54-55,57-58,60H,16,20-22,24-26H2,1-11H3/b13-12+,19-14+/t27-,28-,29-,30-,31+,32+,34+,36-,37+,39+,40+,41+,43-,44+,45?,46-,47+,49+,50-/m1/s1. The molecular formula is C50H78N2O17. The van der Waals surface area contributed by atoms with Crippen LogP contribution in [0.1, 0.15) is 96.8 Å². The number of cyclic esters (lactones) is 1. The number of methoxy groups -OCH3 is 1. The van der Waals surface area contributed by atoms with Crippen molar-refractivity contribution < 1.29 is 82.5 Å². The molecule has 0 spiro atoms. The molecule has 390 valence electrons. The normalized spacial score (nSPS) is 40.7. The highest BCUT2D eigenvalue weighted by Gasteiger charge is 2.54. The first-order valence-electron chi connectivity index (χ1n) is 24.1. The van der Waals surface area contributed by atoms with Crippen LogP contribution >= 0.6 is 0 Å². The number of phenolic OH excluding ortho intramolecular Hbond substituents is 2. The van der Waals surface area contributed by atoms with Crippen molar-refractivity contribution in [3.05, 3.63) is 48.1 Å². The Labute approximate surface area is 406 Å². The fourth-order valence-corrected chi connectivity index (χ4v) is 10.1. The minimum atomic E-state index is -1.58. The zero-order chi connectivity index (χ0) is 50.9. The Bertz CT molecular complexity index is 1880. The molecule has 1 aromatic carbocycles. The lowest BCUT2D eigenvalue weighted by Crippen LogP contribution is -2.66. The number of aldehydes is 1. The maximum absolute atomic E-state index is 14.2. The molecule has 19 heteroatoms. The number of likely N-dealkylation sites (N-methyl/N-ethyl adjacent to an activating group) is 2. The van der Waals surface area contributed by atoms with Crippen LogP contribution in [-0.4, -0.2) is 193 Å². The summed E-state index contributed by atoms with van der Waals surface area (Å²) in [7, 11) is 8.81. The van der Waals surface area contributed by atoms with Gasteiger partial charge in [-0.15, -0.1) is 0 Å². The molecule has 4 aliphatic heterocycles. The second-order valence-electron chi connectivity index (χ2n) is 19.9. The molecule has 0 bridgehead atoms. The van der Waals surface area contributed by atoms with Gasteiger partial charge in [0.25, 0.3) is 0 Å². The van der Waals surface area contributed by atoms with Gasteiger partial charge in [0.15, 0.2) is 36.5 Å². The summed E-state index contributed by atoms with van der Waals surface area (Å²) >= 11 is 0. The summed E-state index contributed by atoms with van der Waals surface area (Å²) in [6.07, 6.45) is -4.03. The third kappa shape index (κ3) is 14.5. The lowest BCUT2D eigenvalue weighted by atomic mass is 9.82. The summed E-state index contributed by atoms with van der Waals surface area (Å²) in [5.74, 6) is -4.13. The second kappa shape index (κ2) is 25.2. The molecule has 0 aliphatic carbocycles. The van der Waals surface area contributed by atoms with Crippen molar-refractivity contribution in [2.75, 3.05) is 35.3 Å². The van der Waals surface area contributed by atoms with E-state index in [9.17, 15) is 39.9 Å². The summed E-state index contributed by atoms with van der Waals surface area (Å²) in [5.41, 5.74) is -1.95. The van der Waals surface area contributed by atoms with Crippen LogP contribution in [0.3, 0.4) is 0 Å². The molecule has 19 nitrogen and oxygen atoms in total. The number of hydrogen-bond acceptors (Lipinski definition) is 19. The Hall–Kier alpha value is -3.57. The van der Waals surface area contributed by atoms with Crippen molar-refractivity contribution in [2.45, 2.75) is 190 Å². The predicted octanol–water partition coefficient (Wildman–Crippen LogP) is 3.60. The van der Waals surface area contributed by atoms with Crippen LogP contribution in [0, 0.1) is 11.8 Å². The van der Waals surface area contributed by atoms with Crippen LogP contribution in [0.25, 0.3) is 0 Å². The first-order chi connectivity index (χ1) is 32.6. The molecule has 0 aromatic heterocycles. The number of phenols is 2. The molecular weight excluding hydrogens is 901 g/mol. The first kappa shape index (κ1) is 56.3.